The van der Waals surface area contributed by atoms with Gasteiger partial charge in [0.1, 0.15) is 0 Å². The number of alkyl halides is 1. The van der Waals surface area contributed by atoms with E-state index in [-0.39, 0.29) is 11.0 Å². The number of nitrogens with zero attached hydrogens (tertiary/aromatic N) is 1. The molecule has 2 aliphatic heterocycles. The van der Waals surface area contributed by atoms with E-state index in [0.29, 0.717) is 35.6 Å². The number of hydrogen-bond acceptors (Lipinski definition) is 3. The van der Waals surface area contributed by atoms with Crippen LogP contribution in [0.2, 0.25) is 0 Å². The van der Waals surface area contributed by atoms with Crippen molar-refractivity contribution in [3.63, 3.8) is 0 Å². The average Bonchev–Trinajstić information content (AvgIpc) is 3.25. The van der Waals surface area contributed by atoms with Crippen LogP contribution in [0.15, 0.2) is 22.8 Å². The third kappa shape index (κ3) is 3.46. The van der Waals surface area contributed by atoms with Crippen molar-refractivity contribution in [1.29, 1.82) is 0 Å². The molecule has 2 saturated carbocycles. The zero-order chi connectivity index (χ0) is 23.8. The van der Waals surface area contributed by atoms with Gasteiger partial charge in [-0.1, -0.05) is 37.5 Å². The van der Waals surface area contributed by atoms with E-state index < -0.39 is 0 Å². The Bertz CT molecular complexity index is 925. The summed E-state index contributed by atoms with van der Waals surface area (Å²) in [6.45, 7) is 12.0. The van der Waals surface area contributed by atoms with Gasteiger partial charge in [0.25, 0.3) is 0 Å². The molecule has 4 aliphatic carbocycles. The Labute approximate surface area is 211 Å². The number of halogens is 1. The molecule has 9 atom stereocenters. The summed E-state index contributed by atoms with van der Waals surface area (Å²) in [5, 5.41) is 0. The lowest BCUT2D eigenvalue weighted by Gasteiger charge is -2.48. The standard InChI is InChI=1S/C30H44ClNO2/c1-18-13-27-28(32(17-18)12-11-31)20(3)30(34-27)10-8-23-24-6-5-21-14-22(33)7-9-29(21,4)26(24)15-25(23)19(2)16-30/h14,18,20,23-24,26-28H,5-13,15-17H2,1-4H3/t18?,20-,23+,24?,26+,27-,28?,29?,30+/m1/s1. The highest BCUT2D eigenvalue weighted by atomic mass is 35.5. The summed E-state index contributed by atoms with van der Waals surface area (Å²) >= 11 is 6.23. The highest BCUT2D eigenvalue weighted by molar-refractivity contribution is 6.18. The quantitative estimate of drug-likeness (QED) is 0.328. The van der Waals surface area contributed by atoms with Crippen molar-refractivity contribution in [1.82, 2.24) is 4.90 Å². The number of carbonyl (C=O) groups excluding carboxylic acids is 1. The normalized spacial score (nSPS) is 48.8. The topological polar surface area (TPSA) is 29.5 Å². The molecule has 4 heteroatoms. The van der Waals surface area contributed by atoms with Crippen LogP contribution in [0.5, 0.6) is 0 Å². The van der Waals surface area contributed by atoms with Crippen LogP contribution in [0.25, 0.3) is 0 Å². The van der Waals surface area contributed by atoms with Crippen molar-refractivity contribution in [3.8, 4) is 0 Å². The first kappa shape index (κ1) is 23.7. The summed E-state index contributed by atoms with van der Waals surface area (Å²) in [4.78, 5) is 14.8. The maximum atomic E-state index is 12.2. The van der Waals surface area contributed by atoms with E-state index in [1.807, 2.05) is 6.08 Å². The van der Waals surface area contributed by atoms with E-state index in [1.54, 1.807) is 11.1 Å². The Morgan fingerprint density at radius 3 is 2.82 bits per heavy atom. The van der Waals surface area contributed by atoms with Crippen molar-refractivity contribution < 1.29 is 9.53 Å². The summed E-state index contributed by atoms with van der Waals surface area (Å²) in [5.74, 6) is 4.57. The lowest BCUT2D eigenvalue weighted by molar-refractivity contribution is -0.116. The van der Waals surface area contributed by atoms with E-state index >= 15 is 0 Å². The minimum absolute atomic E-state index is 0.00175. The van der Waals surface area contributed by atoms with Gasteiger partial charge in [0.2, 0.25) is 0 Å². The second kappa shape index (κ2) is 8.45. The maximum absolute atomic E-state index is 12.2. The summed E-state index contributed by atoms with van der Waals surface area (Å²) < 4.78 is 7.16. The Morgan fingerprint density at radius 2 is 2.03 bits per heavy atom. The summed E-state index contributed by atoms with van der Waals surface area (Å²) in [5.41, 5.74) is 5.14. The number of piperidine rings is 1. The molecule has 0 aromatic heterocycles. The molecule has 0 amide bonds. The van der Waals surface area contributed by atoms with Crippen LogP contribution in [0, 0.1) is 35.0 Å². The van der Waals surface area contributed by atoms with Crippen LogP contribution in [0.4, 0.5) is 0 Å². The maximum Gasteiger partial charge on any atom is 0.155 e. The molecule has 0 N–H and O–H groups in total. The molecule has 3 nitrogen and oxygen atoms in total. The van der Waals surface area contributed by atoms with Gasteiger partial charge < -0.3 is 4.74 Å². The summed E-state index contributed by atoms with van der Waals surface area (Å²) in [6.07, 6.45) is 12.7. The van der Waals surface area contributed by atoms with Crippen molar-refractivity contribution in [2.75, 3.05) is 19.0 Å². The molecule has 0 aromatic carbocycles. The molecular formula is C30H44ClNO2. The van der Waals surface area contributed by atoms with Crippen molar-refractivity contribution in [3.05, 3.63) is 22.8 Å². The Morgan fingerprint density at radius 1 is 1.21 bits per heavy atom. The second-order valence-corrected chi connectivity index (χ2v) is 13.6. The Kier molecular flexibility index (Phi) is 5.90. The molecule has 6 rings (SSSR count). The number of carbonyl (C=O) groups is 1. The van der Waals surface area contributed by atoms with E-state index in [0.717, 1.165) is 50.0 Å². The molecule has 188 valence electrons. The monoisotopic (exact) mass is 485 g/mol. The number of allylic oxidation sites excluding steroid dienone is 3. The molecule has 1 spiro atoms. The molecule has 4 fully saturated rings. The smallest absolute Gasteiger partial charge is 0.155 e. The van der Waals surface area contributed by atoms with Crippen molar-refractivity contribution >= 4 is 17.4 Å². The molecule has 4 unspecified atom stereocenters. The average molecular weight is 486 g/mol. The lowest BCUT2D eigenvalue weighted by Crippen LogP contribution is -2.52. The number of ether oxygens (including phenoxy) is 1. The van der Waals surface area contributed by atoms with Crippen LogP contribution in [-0.4, -0.2) is 47.4 Å². The highest BCUT2D eigenvalue weighted by Gasteiger charge is 2.59. The van der Waals surface area contributed by atoms with Crippen molar-refractivity contribution in [2.45, 2.75) is 103 Å². The third-order valence-corrected chi connectivity index (χ3v) is 11.7. The van der Waals surface area contributed by atoms with E-state index in [4.69, 9.17) is 16.3 Å². The van der Waals surface area contributed by atoms with Gasteiger partial charge in [-0.3, -0.25) is 9.69 Å². The Hall–Kier alpha value is -0.640. The number of ketones is 1. The van der Waals surface area contributed by atoms with E-state index in [9.17, 15) is 4.79 Å². The third-order valence-electron chi connectivity index (χ3n) is 11.5. The fourth-order valence-corrected chi connectivity index (χ4v) is 10.1. The van der Waals surface area contributed by atoms with Crippen LogP contribution < -0.4 is 0 Å². The fraction of sp³-hybridized carbons (Fsp3) is 0.833. The molecule has 0 radical (unpaired) electrons. The van der Waals surface area contributed by atoms with Crippen LogP contribution >= 0.6 is 11.6 Å². The zero-order valence-corrected chi connectivity index (χ0v) is 22.5. The second-order valence-electron chi connectivity index (χ2n) is 13.2. The Balaban J connectivity index is 1.29. The molecule has 0 bridgehead atoms. The number of rotatable bonds is 2. The number of likely N-dealkylation sites (tertiary alicyclic amines) is 1. The molecule has 2 saturated heterocycles. The van der Waals surface area contributed by atoms with Crippen LogP contribution in [0.1, 0.15) is 85.5 Å². The van der Waals surface area contributed by atoms with Gasteiger partial charge in [-0.05, 0) is 93.5 Å². The van der Waals surface area contributed by atoms with Gasteiger partial charge in [-0.15, -0.1) is 11.6 Å². The van der Waals surface area contributed by atoms with Gasteiger partial charge in [-0.25, -0.2) is 0 Å². The van der Waals surface area contributed by atoms with Crippen LogP contribution in [0.3, 0.4) is 0 Å². The SMILES string of the molecule is CC1=C2C[C@H]3C(CCC4=CC(=O)CCC43C)[C@@H]2CC[C@@]2(C1)O[C@@H]1CC(C)CN(CCCl)C1[C@H]2C. The number of hydrogen-bond donors (Lipinski definition) is 0. The molecule has 0 aromatic rings. The molecule has 6 aliphatic rings. The first-order valence-electron chi connectivity index (χ1n) is 14.2. The molecule has 2 heterocycles. The lowest BCUT2D eigenvalue weighted by atomic mass is 9.56. The number of fused-ring (bicyclic) bond motifs is 6. The van der Waals surface area contributed by atoms with Gasteiger partial charge in [0.15, 0.2) is 5.78 Å². The van der Waals surface area contributed by atoms with E-state index in [2.05, 4.69) is 32.6 Å². The summed E-state index contributed by atoms with van der Waals surface area (Å²) in [7, 11) is 0. The first-order valence-corrected chi connectivity index (χ1v) is 14.7. The van der Waals surface area contributed by atoms with Gasteiger partial charge in [-0.2, -0.15) is 0 Å². The van der Waals surface area contributed by atoms with Gasteiger partial charge in [0.05, 0.1) is 11.7 Å². The zero-order valence-electron chi connectivity index (χ0n) is 21.7. The van der Waals surface area contributed by atoms with Gasteiger partial charge in [0, 0.05) is 37.4 Å². The van der Waals surface area contributed by atoms with Crippen molar-refractivity contribution in [2.24, 2.45) is 35.0 Å². The van der Waals surface area contributed by atoms with Crippen LogP contribution in [-0.2, 0) is 9.53 Å². The van der Waals surface area contributed by atoms with Gasteiger partial charge >= 0.3 is 0 Å². The predicted molar refractivity (Wildman–Crippen MR) is 138 cm³/mol. The minimum atomic E-state index is 0.00175. The minimum Gasteiger partial charge on any atom is -0.369 e. The predicted octanol–water partition coefficient (Wildman–Crippen LogP) is 6.55. The largest absolute Gasteiger partial charge is 0.369 e. The highest BCUT2D eigenvalue weighted by Crippen LogP contribution is 2.64. The fourth-order valence-electron chi connectivity index (χ4n) is 9.87. The first-order chi connectivity index (χ1) is 16.3. The molecular weight excluding hydrogens is 442 g/mol. The molecule has 34 heavy (non-hydrogen) atoms. The van der Waals surface area contributed by atoms with E-state index in [1.165, 1.54) is 44.2 Å². The summed E-state index contributed by atoms with van der Waals surface area (Å²) in [6, 6.07) is 0.527.